The predicted octanol–water partition coefficient (Wildman–Crippen LogP) is 4.69. The van der Waals surface area contributed by atoms with Crippen LogP contribution in [0.4, 0.5) is 0 Å². The van der Waals surface area contributed by atoms with Crippen LogP contribution in [0, 0.1) is 19.8 Å². The Labute approximate surface area is 177 Å². The van der Waals surface area contributed by atoms with Crippen LogP contribution in [0.3, 0.4) is 0 Å². The van der Waals surface area contributed by atoms with Crippen LogP contribution in [0.5, 0.6) is 0 Å². The highest BCUT2D eigenvalue weighted by Gasteiger charge is 2.27. The number of carbonyl (C=O) groups is 1. The fourth-order valence-electron chi connectivity index (χ4n) is 4.13. The molecule has 0 spiro atoms. The standard InChI is InChI=1S/C24H28N4O2/c1-17-21(18(2)27(3)26-17)15-28(14-19-10-6-4-7-11-19)24(29)22-23(30-16-25-22)20-12-8-5-9-13-20/h4-6,8-9,12-13,16,19H,7,10-11,14-15H2,1-3H3/t19-/m1/s1. The number of nitrogens with zero attached hydrogens (tertiary/aromatic N) is 4. The molecule has 4 rings (SSSR count). The number of hydrogen-bond donors (Lipinski definition) is 0. The van der Waals surface area contributed by atoms with E-state index in [9.17, 15) is 4.79 Å². The van der Waals surface area contributed by atoms with E-state index in [1.807, 2.05) is 60.8 Å². The van der Waals surface area contributed by atoms with Gasteiger partial charge < -0.3 is 9.32 Å². The van der Waals surface area contributed by atoms with Gasteiger partial charge >= 0.3 is 0 Å². The lowest BCUT2D eigenvalue weighted by atomic mass is 9.93. The normalized spacial score (nSPS) is 16.0. The molecule has 0 saturated heterocycles. The summed E-state index contributed by atoms with van der Waals surface area (Å²) >= 11 is 0. The van der Waals surface area contributed by atoms with Crippen molar-refractivity contribution >= 4 is 5.91 Å². The molecule has 1 atom stereocenters. The fourth-order valence-corrected chi connectivity index (χ4v) is 4.13. The Morgan fingerprint density at radius 3 is 2.70 bits per heavy atom. The highest BCUT2D eigenvalue weighted by molar-refractivity contribution is 5.97. The second kappa shape index (κ2) is 8.69. The van der Waals surface area contributed by atoms with E-state index in [4.69, 9.17) is 4.42 Å². The zero-order chi connectivity index (χ0) is 21.1. The average Bonchev–Trinajstić information content (AvgIpc) is 3.35. The van der Waals surface area contributed by atoms with Crippen LogP contribution >= 0.6 is 0 Å². The van der Waals surface area contributed by atoms with Gasteiger partial charge in [0.05, 0.1) is 5.69 Å². The molecule has 2 heterocycles. The van der Waals surface area contributed by atoms with Crippen LogP contribution in [0.1, 0.15) is 46.7 Å². The number of aromatic nitrogens is 3. The number of hydrogen-bond acceptors (Lipinski definition) is 4. The van der Waals surface area contributed by atoms with Crippen molar-refractivity contribution in [2.75, 3.05) is 6.54 Å². The van der Waals surface area contributed by atoms with Gasteiger partial charge in [-0.25, -0.2) is 4.98 Å². The third-order valence-corrected chi connectivity index (χ3v) is 5.96. The Hall–Kier alpha value is -3.15. The molecule has 0 bridgehead atoms. The zero-order valence-electron chi connectivity index (χ0n) is 17.8. The molecule has 1 aromatic carbocycles. The SMILES string of the molecule is Cc1nn(C)c(C)c1CN(C[C@@H]1CC=CCC1)C(=O)c1ncoc1-c1ccccc1. The third kappa shape index (κ3) is 4.08. The number of aryl methyl sites for hydroxylation is 2. The van der Waals surface area contributed by atoms with Crippen LogP contribution in [0.15, 0.2) is 53.3 Å². The van der Waals surface area contributed by atoms with Gasteiger partial charge in [0.15, 0.2) is 17.8 Å². The maximum absolute atomic E-state index is 13.7. The van der Waals surface area contributed by atoms with Crippen LogP contribution in [-0.2, 0) is 13.6 Å². The molecule has 0 unspecified atom stereocenters. The Kier molecular flexibility index (Phi) is 5.84. The minimum Gasteiger partial charge on any atom is -0.443 e. The van der Waals surface area contributed by atoms with Crippen LogP contribution < -0.4 is 0 Å². The van der Waals surface area contributed by atoms with Crippen molar-refractivity contribution in [3.63, 3.8) is 0 Å². The molecule has 1 amide bonds. The molecule has 156 valence electrons. The van der Waals surface area contributed by atoms with E-state index in [1.165, 1.54) is 6.39 Å². The van der Waals surface area contributed by atoms with Crippen molar-refractivity contribution in [2.24, 2.45) is 13.0 Å². The second-order valence-electron chi connectivity index (χ2n) is 8.01. The summed E-state index contributed by atoms with van der Waals surface area (Å²) < 4.78 is 7.50. The smallest absolute Gasteiger partial charge is 0.276 e. The number of rotatable bonds is 6. The van der Waals surface area contributed by atoms with Crippen LogP contribution in [0.2, 0.25) is 0 Å². The first-order chi connectivity index (χ1) is 14.5. The van der Waals surface area contributed by atoms with Crippen molar-refractivity contribution in [1.82, 2.24) is 19.7 Å². The summed E-state index contributed by atoms with van der Waals surface area (Å²) in [6.07, 6.45) is 8.97. The van der Waals surface area contributed by atoms with E-state index in [1.54, 1.807) is 0 Å². The molecular weight excluding hydrogens is 376 g/mol. The first-order valence-electron chi connectivity index (χ1n) is 10.5. The van der Waals surface area contributed by atoms with Gasteiger partial charge in [0.2, 0.25) is 0 Å². The first kappa shape index (κ1) is 20.1. The summed E-state index contributed by atoms with van der Waals surface area (Å²) in [5.41, 5.74) is 4.36. The quantitative estimate of drug-likeness (QED) is 0.559. The average molecular weight is 405 g/mol. The molecule has 30 heavy (non-hydrogen) atoms. The van der Waals surface area contributed by atoms with Crippen molar-refractivity contribution in [3.05, 3.63) is 71.5 Å². The molecule has 3 aromatic rings. The molecule has 0 N–H and O–H groups in total. The van der Waals surface area contributed by atoms with Crippen LogP contribution in [-0.4, -0.2) is 32.1 Å². The molecule has 2 aromatic heterocycles. The largest absolute Gasteiger partial charge is 0.443 e. The fraction of sp³-hybridized carbons (Fsp3) is 0.375. The zero-order valence-corrected chi connectivity index (χ0v) is 17.8. The van der Waals surface area contributed by atoms with E-state index >= 15 is 0 Å². The Bertz CT molecular complexity index is 1050. The van der Waals surface area contributed by atoms with Crippen molar-refractivity contribution < 1.29 is 9.21 Å². The number of carbonyl (C=O) groups excluding carboxylic acids is 1. The first-order valence-corrected chi connectivity index (χ1v) is 10.5. The van der Waals surface area contributed by atoms with Gasteiger partial charge in [-0.2, -0.15) is 5.10 Å². The molecule has 0 aliphatic heterocycles. The second-order valence-corrected chi connectivity index (χ2v) is 8.01. The summed E-state index contributed by atoms with van der Waals surface area (Å²) in [5, 5.41) is 4.53. The van der Waals surface area contributed by atoms with Crippen molar-refractivity contribution in [3.8, 4) is 11.3 Å². The van der Waals surface area contributed by atoms with Gasteiger partial charge in [-0.3, -0.25) is 9.48 Å². The van der Waals surface area contributed by atoms with Gasteiger partial charge in [0.1, 0.15) is 0 Å². The molecule has 0 fully saturated rings. The van der Waals surface area contributed by atoms with E-state index in [-0.39, 0.29) is 5.91 Å². The summed E-state index contributed by atoms with van der Waals surface area (Å²) in [5.74, 6) is 0.872. The maximum Gasteiger partial charge on any atom is 0.276 e. The van der Waals surface area contributed by atoms with E-state index in [0.717, 1.165) is 41.8 Å². The van der Waals surface area contributed by atoms with Gasteiger partial charge in [0, 0.05) is 37.0 Å². The van der Waals surface area contributed by atoms with E-state index < -0.39 is 0 Å². The minimum absolute atomic E-state index is 0.0974. The summed E-state index contributed by atoms with van der Waals surface area (Å²) in [4.78, 5) is 19.9. The highest BCUT2D eigenvalue weighted by atomic mass is 16.3. The highest BCUT2D eigenvalue weighted by Crippen LogP contribution is 2.27. The molecule has 1 aliphatic carbocycles. The van der Waals surface area contributed by atoms with Crippen LogP contribution in [0.25, 0.3) is 11.3 Å². The number of benzene rings is 1. The molecule has 1 aliphatic rings. The van der Waals surface area contributed by atoms with Gasteiger partial charge in [0.25, 0.3) is 5.91 Å². The van der Waals surface area contributed by atoms with E-state index in [2.05, 4.69) is 22.2 Å². The number of oxazole rings is 1. The number of allylic oxidation sites excluding steroid dienone is 2. The topological polar surface area (TPSA) is 64.2 Å². The van der Waals surface area contributed by atoms with E-state index in [0.29, 0.717) is 30.5 Å². The third-order valence-electron chi connectivity index (χ3n) is 5.96. The molecule has 0 saturated carbocycles. The minimum atomic E-state index is -0.0974. The van der Waals surface area contributed by atoms with Crippen molar-refractivity contribution in [1.29, 1.82) is 0 Å². The maximum atomic E-state index is 13.7. The van der Waals surface area contributed by atoms with Crippen molar-refractivity contribution in [2.45, 2.75) is 39.7 Å². The lowest BCUT2D eigenvalue weighted by molar-refractivity contribution is 0.0704. The summed E-state index contributed by atoms with van der Waals surface area (Å²) in [6.45, 7) is 5.26. The predicted molar refractivity (Wildman–Crippen MR) is 116 cm³/mol. The molecular formula is C24H28N4O2. The summed E-state index contributed by atoms with van der Waals surface area (Å²) in [6, 6.07) is 9.67. The monoisotopic (exact) mass is 404 g/mol. The number of amides is 1. The van der Waals surface area contributed by atoms with Gasteiger partial charge in [-0.15, -0.1) is 0 Å². The Morgan fingerprint density at radius 1 is 1.23 bits per heavy atom. The Morgan fingerprint density at radius 2 is 2.03 bits per heavy atom. The molecule has 0 radical (unpaired) electrons. The Balaban J connectivity index is 1.66. The van der Waals surface area contributed by atoms with Gasteiger partial charge in [-0.05, 0) is 39.0 Å². The molecule has 6 heteroatoms. The summed E-state index contributed by atoms with van der Waals surface area (Å²) in [7, 11) is 1.94. The lowest BCUT2D eigenvalue weighted by Gasteiger charge is -2.28. The van der Waals surface area contributed by atoms with Gasteiger partial charge in [-0.1, -0.05) is 42.5 Å². The molecule has 6 nitrogen and oxygen atoms in total. The lowest BCUT2D eigenvalue weighted by Crippen LogP contribution is -2.36.